The van der Waals surface area contributed by atoms with Crippen molar-refractivity contribution in [2.24, 2.45) is 11.7 Å². The molecule has 2 fully saturated rings. The summed E-state index contributed by atoms with van der Waals surface area (Å²) in [7, 11) is 0. The number of benzene rings is 1. The van der Waals surface area contributed by atoms with Crippen molar-refractivity contribution < 1.29 is 19.5 Å². The second-order valence-corrected chi connectivity index (χ2v) is 8.70. The van der Waals surface area contributed by atoms with Gasteiger partial charge in [0.15, 0.2) is 5.76 Å². The van der Waals surface area contributed by atoms with Crippen molar-refractivity contribution in [3.8, 4) is 0 Å². The SMILES string of the molecule is NC(=O)[C@@H]1CCCC1N1CC(C(=O)NC2CCC(c3ccccc3)CC2)=C(O)C1=O. The standard InChI is InChI=1S/C23H29N3O4/c24-21(28)17-7-4-8-19(17)26-13-18(20(27)23(26)30)22(29)25-16-11-9-15(10-12-16)14-5-2-1-3-6-14/h1-3,5-6,15-17,19,27H,4,7-13H2,(H2,24,28)(H,25,29)/t15?,16?,17-,19?/m1/s1. The van der Waals surface area contributed by atoms with Crippen LogP contribution in [0.25, 0.3) is 0 Å². The molecule has 7 nitrogen and oxygen atoms in total. The van der Waals surface area contributed by atoms with E-state index in [4.69, 9.17) is 5.73 Å². The molecule has 1 heterocycles. The molecule has 1 unspecified atom stereocenters. The molecular formula is C23H29N3O4. The first kappa shape index (κ1) is 20.4. The number of nitrogens with one attached hydrogen (secondary N) is 1. The van der Waals surface area contributed by atoms with Gasteiger partial charge in [-0.05, 0) is 50.0 Å². The summed E-state index contributed by atoms with van der Waals surface area (Å²) in [6.45, 7) is 0.0321. The van der Waals surface area contributed by atoms with Crippen LogP contribution in [0.15, 0.2) is 41.7 Å². The maximum atomic E-state index is 12.8. The maximum absolute atomic E-state index is 12.8. The summed E-state index contributed by atoms with van der Waals surface area (Å²) >= 11 is 0. The summed E-state index contributed by atoms with van der Waals surface area (Å²) in [6.07, 6.45) is 5.81. The highest BCUT2D eigenvalue weighted by molar-refractivity contribution is 6.07. The Morgan fingerprint density at radius 2 is 1.73 bits per heavy atom. The molecule has 0 radical (unpaired) electrons. The molecule has 2 saturated carbocycles. The van der Waals surface area contributed by atoms with Gasteiger partial charge in [-0.1, -0.05) is 36.8 Å². The van der Waals surface area contributed by atoms with E-state index in [2.05, 4.69) is 29.6 Å². The highest BCUT2D eigenvalue weighted by Crippen LogP contribution is 2.35. The molecule has 1 aliphatic heterocycles. The summed E-state index contributed by atoms with van der Waals surface area (Å²) in [5, 5.41) is 13.3. The predicted molar refractivity (Wildman–Crippen MR) is 111 cm³/mol. The van der Waals surface area contributed by atoms with Crippen molar-refractivity contribution in [3.63, 3.8) is 0 Å². The van der Waals surface area contributed by atoms with Crippen molar-refractivity contribution in [1.82, 2.24) is 10.2 Å². The van der Waals surface area contributed by atoms with Gasteiger partial charge >= 0.3 is 0 Å². The van der Waals surface area contributed by atoms with Crippen LogP contribution in [0.4, 0.5) is 0 Å². The van der Waals surface area contributed by atoms with Gasteiger partial charge in [-0.15, -0.1) is 0 Å². The first-order valence-corrected chi connectivity index (χ1v) is 10.8. The largest absolute Gasteiger partial charge is 0.503 e. The van der Waals surface area contributed by atoms with E-state index < -0.39 is 23.5 Å². The topological polar surface area (TPSA) is 113 Å². The monoisotopic (exact) mass is 411 g/mol. The number of rotatable bonds is 5. The van der Waals surface area contributed by atoms with E-state index in [1.54, 1.807) is 0 Å². The molecule has 0 aromatic heterocycles. The predicted octanol–water partition coefficient (Wildman–Crippen LogP) is 2.14. The van der Waals surface area contributed by atoms with Gasteiger partial charge in [0.1, 0.15) is 0 Å². The summed E-state index contributed by atoms with van der Waals surface area (Å²) in [5.41, 5.74) is 6.91. The normalized spacial score (nSPS) is 29.3. The lowest BCUT2D eigenvalue weighted by atomic mass is 9.82. The van der Waals surface area contributed by atoms with Gasteiger partial charge in [0, 0.05) is 12.1 Å². The summed E-state index contributed by atoms with van der Waals surface area (Å²) in [6, 6.07) is 10.1. The Hall–Kier alpha value is -2.83. The first-order chi connectivity index (χ1) is 14.5. The number of nitrogens with zero attached hydrogens (tertiary/aromatic N) is 1. The van der Waals surface area contributed by atoms with Gasteiger partial charge in [0.05, 0.1) is 18.0 Å². The smallest absolute Gasteiger partial charge is 0.289 e. The van der Waals surface area contributed by atoms with E-state index in [-0.39, 0.29) is 30.1 Å². The third-order valence-corrected chi connectivity index (χ3v) is 6.93. The van der Waals surface area contributed by atoms with Crippen molar-refractivity contribution in [2.75, 3.05) is 6.54 Å². The number of carbonyl (C=O) groups is 3. The Morgan fingerprint density at radius 3 is 2.40 bits per heavy atom. The maximum Gasteiger partial charge on any atom is 0.289 e. The van der Waals surface area contributed by atoms with Crippen LogP contribution in [0.2, 0.25) is 0 Å². The van der Waals surface area contributed by atoms with Crippen LogP contribution < -0.4 is 11.1 Å². The average molecular weight is 412 g/mol. The molecule has 2 atom stereocenters. The molecule has 0 spiro atoms. The highest BCUT2D eigenvalue weighted by atomic mass is 16.3. The van der Waals surface area contributed by atoms with Gasteiger partial charge in [-0.2, -0.15) is 0 Å². The lowest BCUT2D eigenvalue weighted by Gasteiger charge is -2.30. The van der Waals surface area contributed by atoms with Crippen LogP contribution >= 0.6 is 0 Å². The Bertz CT molecular complexity index is 858. The zero-order valence-corrected chi connectivity index (χ0v) is 17.0. The summed E-state index contributed by atoms with van der Waals surface area (Å²) in [5.74, 6) is -1.81. The third kappa shape index (κ3) is 3.93. The van der Waals surface area contributed by atoms with Crippen LogP contribution in [0.3, 0.4) is 0 Å². The van der Waals surface area contributed by atoms with Gasteiger partial charge in [-0.25, -0.2) is 0 Å². The van der Waals surface area contributed by atoms with Crippen molar-refractivity contribution in [3.05, 3.63) is 47.2 Å². The lowest BCUT2D eigenvalue weighted by molar-refractivity contribution is -0.132. The fourth-order valence-electron chi connectivity index (χ4n) is 5.24. The molecule has 1 aromatic rings. The van der Waals surface area contributed by atoms with Gasteiger partial charge in [0.25, 0.3) is 11.8 Å². The molecular weight excluding hydrogens is 382 g/mol. The molecule has 30 heavy (non-hydrogen) atoms. The number of hydrogen-bond acceptors (Lipinski definition) is 4. The van der Waals surface area contributed by atoms with Gasteiger partial charge < -0.3 is 21.1 Å². The minimum absolute atomic E-state index is 0.0321. The first-order valence-electron chi connectivity index (χ1n) is 10.8. The Balaban J connectivity index is 1.35. The second kappa shape index (κ2) is 8.50. The number of hydrogen-bond donors (Lipinski definition) is 3. The molecule has 3 aliphatic rings. The fourth-order valence-corrected chi connectivity index (χ4v) is 5.24. The molecule has 4 rings (SSSR count). The second-order valence-electron chi connectivity index (χ2n) is 8.70. The molecule has 4 N–H and O–H groups in total. The highest BCUT2D eigenvalue weighted by Gasteiger charge is 2.44. The molecule has 2 aliphatic carbocycles. The Labute approximate surface area is 176 Å². The fraction of sp³-hybridized carbons (Fsp3) is 0.522. The molecule has 160 valence electrons. The molecule has 0 bridgehead atoms. The number of carbonyl (C=O) groups excluding carboxylic acids is 3. The number of amides is 3. The minimum atomic E-state index is -0.578. The number of aliphatic hydroxyl groups excluding tert-OH is 1. The zero-order chi connectivity index (χ0) is 21.3. The molecule has 7 heteroatoms. The summed E-state index contributed by atoms with van der Waals surface area (Å²) in [4.78, 5) is 38.5. The van der Waals surface area contributed by atoms with E-state index in [1.807, 2.05) is 6.07 Å². The van der Waals surface area contributed by atoms with E-state index in [0.717, 1.165) is 32.1 Å². The van der Waals surface area contributed by atoms with E-state index in [0.29, 0.717) is 18.8 Å². The molecule has 1 aromatic carbocycles. The molecule has 3 amide bonds. The third-order valence-electron chi connectivity index (χ3n) is 6.93. The van der Waals surface area contributed by atoms with E-state index in [1.165, 1.54) is 10.5 Å². The quantitative estimate of drug-likeness (QED) is 0.689. The Morgan fingerprint density at radius 1 is 1.03 bits per heavy atom. The summed E-state index contributed by atoms with van der Waals surface area (Å²) < 4.78 is 0. The minimum Gasteiger partial charge on any atom is -0.503 e. The van der Waals surface area contributed by atoms with Gasteiger partial charge in [-0.3, -0.25) is 14.4 Å². The van der Waals surface area contributed by atoms with Crippen LogP contribution in [-0.2, 0) is 14.4 Å². The molecule has 0 saturated heterocycles. The van der Waals surface area contributed by atoms with Crippen molar-refractivity contribution in [2.45, 2.75) is 62.9 Å². The zero-order valence-electron chi connectivity index (χ0n) is 17.0. The number of primary amides is 1. The lowest BCUT2D eigenvalue weighted by Crippen LogP contribution is -2.45. The number of nitrogens with two attached hydrogens (primary N) is 1. The van der Waals surface area contributed by atoms with Crippen LogP contribution in [0.5, 0.6) is 0 Å². The van der Waals surface area contributed by atoms with Crippen LogP contribution in [-0.4, -0.2) is 46.4 Å². The van der Waals surface area contributed by atoms with Crippen LogP contribution in [0, 0.1) is 5.92 Å². The van der Waals surface area contributed by atoms with Crippen molar-refractivity contribution in [1.29, 1.82) is 0 Å². The number of aliphatic hydroxyl groups is 1. The van der Waals surface area contributed by atoms with Gasteiger partial charge in [0.2, 0.25) is 5.91 Å². The van der Waals surface area contributed by atoms with Crippen molar-refractivity contribution >= 4 is 17.7 Å². The average Bonchev–Trinajstić information content (AvgIpc) is 3.35. The Kier molecular flexibility index (Phi) is 5.79. The van der Waals surface area contributed by atoms with Crippen LogP contribution in [0.1, 0.15) is 56.4 Å². The van der Waals surface area contributed by atoms with E-state index >= 15 is 0 Å². The van der Waals surface area contributed by atoms with E-state index in [9.17, 15) is 19.5 Å².